The molecule has 0 aliphatic heterocycles. The molecule has 0 aliphatic carbocycles. The van der Waals surface area contributed by atoms with E-state index in [0.717, 1.165) is 0 Å². The third-order valence-corrected chi connectivity index (χ3v) is 4.17. The third kappa shape index (κ3) is 5.97. The monoisotopic (exact) mass is 401 g/mol. The second-order valence-electron chi connectivity index (χ2n) is 6.14. The topological polar surface area (TPSA) is 111 Å². The third-order valence-electron chi connectivity index (χ3n) is 4.17. The van der Waals surface area contributed by atoms with Gasteiger partial charge in [-0.25, -0.2) is 0 Å². The predicted octanol–water partition coefficient (Wildman–Crippen LogP) is 2.98. The minimum Gasteiger partial charge on any atom is -0.504 e. The number of aromatic hydroxyl groups is 1. The number of ketones is 2. The first kappa shape index (κ1) is 21.7. The molecular formula is C21H23NO7. The van der Waals surface area contributed by atoms with Gasteiger partial charge in [-0.2, -0.15) is 0 Å². The number of benzene rings is 2. The zero-order chi connectivity index (χ0) is 21.4. The van der Waals surface area contributed by atoms with Crippen LogP contribution < -0.4 is 19.5 Å². The summed E-state index contributed by atoms with van der Waals surface area (Å²) in [6.07, 6.45) is -0.506. The van der Waals surface area contributed by atoms with E-state index in [2.05, 4.69) is 5.32 Å². The van der Waals surface area contributed by atoms with Crippen molar-refractivity contribution in [3.05, 3.63) is 42.0 Å². The van der Waals surface area contributed by atoms with Crippen molar-refractivity contribution in [2.75, 3.05) is 26.6 Å². The van der Waals surface area contributed by atoms with E-state index < -0.39 is 5.78 Å². The summed E-state index contributed by atoms with van der Waals surface area (Å²) in [4.78, 5) is 36.5. The molecule has 154 valence electrons. The van der Waals surface area contributed by atoms with Gasteiger partial charge >= 0.3 is 0 Å². The molecule has 0 unspecified atom stereocenters. The number of amides is 1. The van der Waals surface area contributed by atoms with Crippen LogP contribution in [0.4, 0.5) is 5.69 Å². The SMILES string of the molecule is COc1ccc(OC)c(NC(=O)CCC(=O)CC(=O)c2ccc(O)c(OC)c2)c1. The molecule has 0 heterocycles. The average Bonchev–Trinajstić information content (AvgIpc) is 2.72. The van der Waals surface area contributed by atoms with Gasteiger partial charge in [0.2, 0.25) is 5.91 Å². The maximum Gasteiger partial charge on any atom is 0.224 e. The van der Waals surface area contributed by atoms with Gasteiger partial charge in [0.15, 0.2) is 17.3 Å². The van der Waals surface area contributed by atoms with Crippen LogP contribution in [0.2, 0.25) is 0 Å². The van der Waals surface area contributed by atoms with Gasteiger partial charge in [-0.05, 0) is 30.3 Å². The summed E-state index contributed by atoms with van der Waals surface area (Å²) in [7, 11) is 4.35. The lowest BCUT2D eigenvalue weighted by molar-refractivity contribution is -0.122. The molecule has 0 bridgehead atoms. The van der Waals surface area contributed by atoms with Gasteiger partial charge in [0.25, 0.3) is 0 Å². The second-order valence-corrected chi connectivity index (χ2v) is 6.14. The quantitative estimate of drug-likeness (QED) is 0.465. The fourth-order valence-electron chi connectivity index (χ4n) is 2.60. The van der Waals surface area contributed by atoms with Crippen LogP contribution in [0.25, 0.3) is 0 Å². The van der Waals surface area contributed by atoms with Crippen molar-refractivity contribution in [1.29, 1.82) is 0 Å². The molecule has 8 nitrogen and oxygen atoms in total. The van der Waals surface area contributed by atoms with E-state index in [1.165, 1.54) is 39.5 Å². The number of anilines is 1. The Bertz CT molecular complexity index is 908. The number of hydrogen-bond donors (Lipinski definition) is 2. The highest BCUT2D eigenvalue weighted by Crippen LogP contribution is 2.29. The predicted molar refractivity (Wildman–Crippen MR) is 106 cm³/mol. The Morgan fingerprint density at radius 2 is 1.62 bits per heavy atom. The van der Waals surface area contributed by atoms with E-state index >= 15 is 0 Å². The van der Waals surface area contributed by atoms with Gasteiger partial charge in [-0.3, -0.25) is 14.4 Å². The molecule has 0 atom stereocenters. The van der Waals surface area contributed by atoms with Crippen LogP contribution in [0.3, 0.4) is 0 Å². The van der Waals surface area contributed by atoms with Crippen molar-refractivity contribution >= 4 is 23.2 Å². The highest BCUT2D eigenvalue weighted by Gasteiger charge is 2.16. The van der Waals surface area contributed by atoms with Gasteiger partial charge in [-0.15, -0.1) is 0 Å². The first-order valence-corrected chi connectivity index (χ1v) is 8.81. The zero-order valence-corrected chi connectivity index (χ0v) is 16.5. The molecule has 29 heavy (non-hydrogen) atoms. The van der Waals surface area contributed by atoms with Crippen molar-refractivity contribution in [3.63, 3.8) is 0 Å². The minimum atomic E-state index is -0.414. The Labute approximate surface area is 168 Å². The minimum absolute atomic E-state index is 0.0780. The van der Waals surface area contributed by atoms with Crippen LogP contribution in [0.5, 0.6) is 23.0 Å². The van der Waals surface area contributed by atoms with Crippen molar-refractivity contribution in [2.24, 2.45) is 0 Å². The molecule has 8 heteroatoms. The maximum atomic E-state index is 12.2. The van der Waals surface area contributed by atoms with Gasteiger partial charge in [0.05, 0.1) is 33.4 Å². The lowest BCUT2D eigenvalue weighted by Gasteiger charge is -2.11. The largest absolute Gasteiger partial charge is 0.504 e. The summed E-state index contributed by atoms with van der Waals surface area (Å²) in [6.45, 7) is 0. The van der Waals surface area contributed by atoms with Crippen molar-refractivity contribution in [3.8, 4) is 23.0 Å². The van der Waals surface area contributed by atoms with E-state index in [-0.39, 0.29) is 48.0 Å². The normalized spacial score (nSPS) is 10.2. The number of carbonyl (C=O) groups excluding carboxylic acids is 3. The molecule has 0 radical (unpaired) electrons. The summed E-state index contributed by atoms with van der Waals surface area (Å²) < 4.78 is 15.3. The molecular weight excluding hydrogens is 378 g/mol. The highest BCUT2D eigenvalue weighted by atomic mass is 16.5. The number of phenolic OH excluding ortho intramolecular Hbond substituents is 1. The Morgan fingerprint density at radius 1 is 0.897 bits per heavy atom. The van der Waals surface area contributed by atoms with Crippen LogP contribution in [0.1, 0.15) is 29.6 Å². The number of ether oxygens (including phenoxy) is 3. The van der Waals surface area contributed by atoms with Crippen LogP contribution in [0.15, 0.2) is 36.4 Å². The number of Topliss-reactive ketones (excluding diaryl/α,β-unsaturated/α-hetero) is 2. The van der Waals surface area contributed by atoms with E-state index in [4.69, 9.17) is 14.2 Å². The first-order valence-electron chi connectivity index (χ1n) is 8.81. The van der Waals surface area contributed by atoms with Crippen molar-refractivity contribution in [2.45, 2.75) is 19.3 Å². The molecule has 2 N–H and O–H groups in total. The zero-order valence-electron chi connectivity index (χ0n) is 16.5. The number of methoxy groups -OCH3 is 3. The van der Waals surface area contributed by atoms with E-state index in [1.807, 2.05) is 0 Å². The molecule has 1 amide bonds. The Balaban J connectivity index is 1.90. The van der Waals surface area contributed by atoms with Crippen LogP contribution in [0, 0.1) is 0 Å². The fourth-order valence-corrected chi connectivity index (χ4v) is 2.60. The van der Waals surface area contributed by atoms with E-state index in [1.54, 1.807) is 18.2 Å². The second kappa shape index (κ2) is 10.1. The van der Waals surface area contributed by atoms with Gasteiger partial charge < -0.3 is 24.6 Å². The summed E-state index contributed by atoms with van der Waals surface area (Å²) in [5.41, 5.74) is 0.676. The number of hydrogen-bond acceptors (Lipinski definition) is 7. The van der Waals surface area contributed by atoms with E-state index in [9.17, 15) is 19.5 Å². The summed E-state index contributed by atoms with van der Waals surface area (Å²) in [6, 6.07) is 9.07. The van der Waals surface area contributed by atoms with Crippen LogP contribution in [-0.4, -0.2) is 43.9 Å². The smallest absolute Gasteiger partial charge is 0.224 e. The standard InChI is InChI=1S/C21H23NO7/c1-27-15-6-8-19(28-2)16(12-15)22-21(26)9-5-14(23)11-18(25)13-4-7-17(24)20(10-13)29-3/h4,6-8,10,12,24H,5,9,11H2,1-3H3,(H,22,26). The summed E-state index contributed by atoms with van der Waals surface area (Å²) in [5.74, 6) is -0.106. The molecule has 2 aromatic carbocycles. The number of rotatable bonds is 10. The van der Waals surface area contributed by atoms with Crippen molar-refractivity contribution < 1.29 is 33.7 Å². The average molecular weight is 401 g/mol. The number of carbonyl (C=O) groups is 3. The molecule has 0 saturated heterocycles. The van der Waals surface area contributed by atoms with E-state index in [0.29, 0.717) is 17.2 Å². The molecule has 0 fully saturated rings. The maximum absolute atomic E-state index is 12.2. The van der Waals surface area contributed by atoms with Crippen LogP contribution >= 0.6 is 0 Å². The Morgan fingerprint density at radius 3 is 2.28 bits per heavy atom. The van der Waals surface area contributed by atoms with Gasteiger partial charge in [0, 0.05) is 24.5 Å². The lowest BCUT2D eigenvalue weighted by Crippen LogP contribution is -2.15. The van der Waals surface area contributed by atoms with Crippen molar-refractivity contribution in [1.82, 2.24) is 0 Å². The number of nitrogens with one attached hydrogen (secondary N) is 1. The van der Waals surface area contributed by atoms with Gasteiger partial charge in [-0.1, -0.05) is 0 Å². The molecule has 0 aromatic heterocycles. The molecule has 0 aliphatic rings. The lowest BCUT2D eigenvalue weighted by atomic mass is 10.0. The summed E-state index contributed by atoms with van der Waals surface area (Å²) >= 11 is 0. The molecule has 0 spiro atoms. The number of phenols is 1. The molecule has 0 saturated carbocycles. The first-order chi connectivity index (χ1) is 13.9. The summed E-state index contributed by atoms with van der Waals surface area (Å²) in [5, 5.41) is 12.2. The highest BCUT2D eigenvalue weighted by molar-refractivity contribution is 6.09. The molecule has 2 aromatic rings. The van der Waals surface area contributed by atoms with Crippen LogP contribution in [-0.2, 0) is 9.59 Å². The van der Waals surface area contributed by atoms with Gasteiger partial charge in [0.1, 0.15) is 17.3 Å². The fraction of sp³-hybridized carbons (Fsp3) is 0.286. The Hall–Kier alpha value is -3.55. The molecule has 2 rings (SSSR count). The Kier molecular flexibility index (Phi) is 7.59.